The second-order valence-corrected chi connectivity index (χ2v) is 7.54. The summed E-state index contributed by atoms with van der Waals surface area (Å²) < 4.78 is 15.4. The maximum atomic E-state index is 10.6. The van der Waals surface area contributed by atoms with E-state index < -0.39 is 6.09 Å². The van der Waals surface area contributed by atoms with Crippen LogP contribution in [0.1, 0.15) is 11.1 Å². The fourth-order valence-electron chi connectivity index (χ4n) is 3.02. The highest BCUT2D eigenvalue weighted by molar-refractivity contribution is 7.21. The molecule has 0 spiro atoms. The molecule has 4 rings (SSSR count). The number of amides is 1. The van der Waals surface area contributed by atoms with Crippen molar-refractivity contribution in [3.05, 3.63) is 35.5 Å². The lowest BCUT2D eigenvalue weighted by Gasteiger charge is -2.06. The number of ether oxygens (including phenoxy) is 3. The number of fused-ring (bicyclic) bond motifs is 2. The summed E-state index contributed by atoms with van der Waals surface area (Å²) in [5.74, 6) is 0.893. The van der Waals surface area contributed by atoms with Crippen molar-refractivity contribution in [1.82, 2.24) is 19.9 Å². The lowest BCUT2D eigenvalue weighted by molar-refractivity contribution is 0.132. The minimum atomic E-state index is -0.837. The van der Waals surface area contributed by atoms with E-state index in [0.717, 1.165) is 43.1 Å². The summed E-state index contributed by atoms with van der Waals surface area (Å²) in [7, 11) is 1.56. The van der Waals surface area contributed by atoms with Gasteiger partial charge in [-0.15, -0.1) is 0 Å². The van der Waals surface area contributed by atoms with E-state index in [4.69, 9.17) is 20.2 Å². The second kappa shape index (κ2) is 8.07. The number of hydrogen-bond donors (Lipinski definition) is 1. The molecule has 0 atom stereocenters. The summed E-state index contributed by atoms with van der Waals surface area (Å²) in [6.07, 6.45) is 0.759. The Labute approximate surface area is 175 Å². The summed E-state index contributed by atoms with van der Waals surface area (Å²) in [6.45, 7) is 4.16. The molecule has 1 amide bonds. The van der Waals surface area contributed by atoms with Crippen molar-refractivity contribution in [2.24, 2.45) is 5.73 Å². The number of primary amides is 1. The zero-order chi connectivity index (χ0) is 21.3. The minimum absolute atomic E-state index is 0.0550. The van der Waals surface area contributed by atoms with Crippen LogP contribution in [0.25, 0.3) is 32.0 Å². The van der Waals surface area contributed by atoms with Crippen molar-refractivity contribution in [1.29, 1.82) is 0 Å². The number of aromatic nitrogens is 4. The van der Waals surface area contributed by atoms with Crippen molar-refractivity contribution in [3.63, 3.8) is 0 Å². The molecule has 0 saturated heterocycles. The third kappa shape index (κ3) is 3.94. The Morgan fingerprint density at radius 2 is 1.90 bits per heavy atom. The Kier molecular flexibility index (Phi) is 5.32. The molecule has 3 aromatic heterocycles. The summed E-state index contributed by atoms with van der Waals surface area (Å²) in [6, 6.07) is 5.80. The van der Waals surface area contributed by atoms with Crippen LogP contribution in [-0.2, 0) is 4.74 Å². The third-order valence-electron chi connectivity index (χ3n) is 4.32. The first-order chi connectivity index (χ1) is 14.4. The smallest absolute Gasteiger partial charge is 0.404 e. The Morgan fingerprint density at radius 1 is 1.07 bits per heavy atom. The average molecular weight is 425 g/mol. The van der Waals surface area contributed by atoms with Gasteiger partial charge in [0.15, 0.2) is 0 Å². The van der Waals surface area contributed by atoms with Gasteiger partial charge in [-0.25, -0.2) is 24.7 Å². The number of aryl methyl sites for hydroxylation is 2. The molecule has 0 bridgehead atoms. The largest absolute Gasteiger partial charge is 0.480 e. The number of thiazole rings is 1. The van der Waals surface area contributed by atoms with Crippen molar-refractivity contribution in [2.45, 2.75) is 13.8 Å². The van der Waals surface area contributed by atoms with Gasteiger partial charge >= 0.3 is 6.09 Å². The van der Waals surface area contributed by atoms with E-state index in [1.54, 1.807) is 19.4 Å². The number of carbonyl (C=O) groups excluding carboxylic acids is 1. The fraction of sp³-hybridized carbons (Fsp3) is 0.250. The van der Waals surface area contributed by atoms with Gasteiger partial charge in [0.25, 0.3) is 0 Å². The van der Waals surface area contributed by atoms with Crippen LogP contribution in [0, 0.1) is 13.8 Å². The molecule has 0 aliphatic rings. The first-order valence-electron chi connectivity index (χ1n) is 9.09. The van der Waals surface area contributed by atoms with Crippen LogP contribution >= 0.6 is 11.3 Å². The van der Waals surface area contributed by atoms with Gasteiger partial charge in [0, 0.05) is 11.6 Å². The van der Waals surface area contributed by atoms with Gasteiger partial charge in [-0.05, 0) is 37.1 Å². The summed E-state index contributed by atoms with van der Waals surface area (Å²) in [5, 5.41) is 0.794. The van der Waals surface area contributed by atoms with Gasteiger partial charge < -0.3 is 19.9 Å². The standard InChI is InChI=1S/C20H19N5O4S/c1-10-6-12(17-13(7-10)23-15(27-3)9-22-17)18-25-16-11(2)8-14(24-19(16)30-18)28-4-5-29-20(21)26/h6-9H,4-5H2,1-3H3,(H2,21,26). The molecule has 0 aliphatic carbocycles. The van der Waals surface area contributed by atoms with Crippen molar-refractivity contribution in [2.75, 3.05) is 20.3 Å². The molecule has 10 heteroatoms. The lowest BCUT2D eigenvalue weighted by atomic mass is 10.1. The van der Waals surface area contributed by atoms with Crippen LogP contribution in [0.4, 0.5) is 4.79 Å². The quantitative estimate of drug-likeness (QED) is 0.466. The third-order valence-corrected chi connectivity index (χ3v) is 5.30. The number of carbonyl (C=O) groups is 1. The first-order valence-corrected chi connectivity index (χ1v) is 9.91. The molecule has 0 fully saturated rings. The van der Waals surface area contributed by atoms with Gasteiger partial charge in [0.1, 0.15) is 28.6 Å². The average Bonchev–Trinajstić information content (AvgIpc) is 3.14. The molecule has 2 N–H and O–H groups in total. The number of rotatable bonds is 6. The minimum Gasteiger partial charge on any atom is -0.480 e. The van der Waals surface area contributed by atoms with Crippen LogP contribution < -0.4 is 15.2 Å². The summed E-state index contributed by atoms with van der Waals surface area (Å²) in [5.41, 5.74) is 10.1. The molecule has 0 saturated carbocycles. The van der Waals surface area contributed by atoms with E-state index in [2.05, 4.69) is 19.7 Å². The maximum absolute atomic E-state index is 10.6. The Bertz CT molecular complexity index is 1260. The Hall–Kier alpha value is -3.53. The number of methoxy groups -OCH3 is 1. The van der Waals surface area contributed by atoms with E-state index in [1.165, 1.54) is 11.3 Å². The fourth-order valence-corrected chi connectivity index (χ4v) is 4.04. The van der Waals surface area contributed by atoms with E-state index in [0.29, 0.717) is 11.8 Å². The normalized spacial score (nSPS) is 11.0. The van der Waals surface area contributed by atoms with Crippen LogP contribution in [0.5, 0.6) is 11.8 Å². The number of nitrogens with zero attached hydrogens (tertiary/aromatic N) is 4. The van der Waals surface area contributed by atoms with Gasteiger partial charge in [0.05, 0.1) is 24.3 Å². The zero-order valence-electron chi connectivity index (χ0n) is 16.6. The molecule has 0 radical (unpaired) electrons. The molecule has 4 aromatic rings. The van der Waals surface area contributed by atoms with Gasteiger partial charge in [-0.1, -0.05) is 11.3 Å². The Morgan fingerprint density at radius 3 is 2.67 bits per heavy atom. The van der Waals surface area contributed by atoms with Gasteiger partial charge in [0.2, 0.25) is 11.8 Å². The molecular formula is C20H19N5O4S. The zero-order valence-corrected chi connectivity index (χ0v) is 17.4. The first kappa shape index (κ1) is 19.8. The number of pyridine rings is 1. The number of benzene rings is 1. The van der Waals surface area contributed by atoms with Crippen molar-refractivity contribution < 1.29 is 19.0 Å². The van der Waals surface area contributed by atoms with Crippen LogP contribution in [0.2, 0.25) is 0 Å². The van der Waals surface area contributed by atoms with Gasteiger partial charge in [-0.2, -0.15) is 0 Å². The molecule has 9 nitrogen and oxygen atoms in total. The second-order valence-electron chi connectivity index (χ2n) is 6.56. The molecule has 3 heterocycles. The van der Waals surface area contributed by atoms with Crippen LogP contribution in [0.15, 0.2) is 24.4 Å². The highest BCUT2D eigenvalue weighted by Gasteiger charge is 2.16. The SMILES string of the molecule is COc1cnc2c(-c3nc4c(C)cc(OCCOC(N)=O)nc4s3)cc(C)cc2n1. The maximum Gasteiger partial charge on any atom is 0.404 e. The number of nitrogens with two attached hydrogens (primary N) is 1. The summed E-state index contributed by atoms with van der Waals surface area (Å²) in [4.78, 5) is 29.7. The predicted octanol–water partition coefficient (Wildman–Crippen LogP) is 3.40. The highest BCUT2D eigenvalue weighted by atomic mass is 32.1. The molecule has 0 unspecified atom stereocenters. The molecular weight excluding hydrogens is 406 g/mol. The van der Waals surface area contributed by atoms with Crippen molar-refractivity contribution >= 4 is 38.8 Å². The molecule has 0 aliphatic heterocycles. The van der Waals surface area contributed by atoms with E-state index in [1.807, 2.05) is 26.0 Å². The Balaban J connectivity index is 1.72. The molecule has 154 valence electrons. The van der Waals surface area contributed by atoms with E-state index >= 15 is 0 Å². The van der Waals surface area contributed by atoms with Crippen LogP contribution in [0.3, 0.4) is 0 Å². The van der Waals surface area contributed by atoms with Gasteiger partial charge in [-0.3, -0.25) is 0 Å². The predicted molar refractivity (Wildman–Crippen MR) is 113 cm³/mol. The van der Waals surface area contributed by atoms with Crippen LogP contribution in [-0.4, -0.2) is 46.4 Å². The lowest BCUT2D eigenvalue weighted by Crippen LogP contribution is -2.17. The number of hydrogen-bond acceptors (Lipinski definition) is 9. The molecule has 1 aromatic carbocycles. The molecule has 30 heavy (non-hydrogen) atoms. The van der Waals surface area contributed by atoms with E-state index in [-0.39, 0.29) is 13.2 Å². The topological polar surface area (TPSA) is 122 Å². The van der Waals surface area contributed by atoms with Crippen molar-refractivity contribution in [3.8, 4) is 22.3 Å². The highest BCUT2D eigenvalue weighted by Crippen LogP contribution is 2.35. The monoisotopic (exact) mass is 425 g/mol. The summed E-state index contributed by atoms with van der Waals surface area (Å²) >= 11 is 1.45. The van der Waals surface area contributed by atoms with E-state index in [9.17, 15) is 4.79 Å².